The maximum Gasteiger partial charge on any atom is 1.00 e. The van der Waals surface area contributed by atoms with Crippen molar-refractivity contribution < 1.29 is 388 Å². The quantitative estimate of drug-likeness (QED) is 0.0601. The van der Waals surface area contributed by atoms with Gasteiger partial charge in [-0.05, 0) is 0 Å². The Morgan fingerprint density at radius 3 is 0.327 bits per heavy atom. The Hall–Kier alpha value is 7.90. The van der Waals surface area contributed by atoms with Crippen LogP contribution in [-0.4, -0.2) is 112 Å². The molecular formula is C18H46Na10O18S6. The number of rotatable bonds is 12. The van der Waals surface area contributed by atoms with Crippen molar-refractivity contribution >= 4 is 60.7 Å². The van der Waals surface area contributed by atoms with Gasteiger partial charge in [0.2, 0.25) is 0 Å². The first kappa shape index (κ1) is 108. The summed E-state index contributed by atoms with van der Waals surface area (Å²) in [6, 6.07) is 0. The number of hydrogen-bond acceptors (Lipinski definition) is 12. The van der Waals surface area contributed by atoms with Crippen LogP contribution in [0.2, 0.25) is 0 Å². The molecule has 18 nitrogen and oxygen atoms in total. The summed E-state index contributed by atoms with van der Waals surface area (Å²) in [6.45, 7) is 18.6. The Morgan fingerprint density at radius 2 is 0.327 bits per heavy atom. The molecule has 0 aliphatic rings. The molecule has 0 saturated carbocycles. The van der Waals surface area contributed by atoms with E-state index in [2.05, 4.69) is 39.5 Å². The summed E-state index contributed by atoms with van der Waals surface area (Å²) in [5.41, 5.74) is 0. The molecule has 52 heavy (non-hydrogen) atoms. The average molecular weight is 973 g/mol. The molecule has 0 unspecified atom stereocenters. The summed E-state index contributed by atoms with van der Waals surface area (Å²) in [4.78, 5) is 0. The first-order chi connectivity index (χ1) is 18.4. The van der Waals surface area contributed by atoms with Gasteiger partial charge in [0.05, 0.1) is 34.5 Å². The maximum absolute atomic E-state index is 9.72. The molecule has 0 spiro atoms. The van der Waals surface area contributed by atoms with Crippen LogP contribution in [0.3, 0.4) is 0 Å². The topological polar surface area (TPSA) is 326 Å². The molecule has 0 aromatic heterocycles. The zero-order valence-electron chi connectivity index (χ0n) is 42.0. The van der Waals surface area contributed by atoms with Crippen molar-refractivity contribution in [1.82, 2.24) is 0 Å². The zero-order valence-corrected chi connectivity index (χ0v) is 56.9. The first-order valence-electron chi connectivity index (χ1n) is 9.73. The Balaban J connectivity index is -0.00000000982. The van der Waals surface area contributed by atoms with Gasteiger partial charge in [-0.15, -0.1) is 39.5 Å². The Morgan fingerprint density at radius 1 is 0.269 bits per heavy atom. The van der Waals surface area contributed by atoms with Crippen LogP contribution in [0.4, 0.5) is 0 Å². The maximum atomic E-state index is 9.72. The molecule has 0 heterocycles. The third-order valence-corrected chi connectivity index (χ3v) is 5.91. The van der Waals surface area contributed by atoms with Crippen LogP contribution in [0.25, 0.3) is 0 Å². The van der Waals surface area contributed by atoms with Crippen molar-refractivity contribution in [3.63, 3.8) is 0 Å². The van der Waals surface area contributed by atoms with Gasteiger partial charge in [0, 0.05) is 0 Å². The van der Waals surface area contributed by atoms with Crippen molar-refractivity contribution in [2.24, 2.45) is 0 Å². The molecule has 0 bridgehead atoms. The van der Waals surface area contributed by atoms with Crippen molar-refractivity contribution in [1.29, 1.82) is 0 Å². The number of hydrogen-bond donors (Lipinski definition) is 6. The molecule has 272 valence electrons. The Bertz CT molecular complexity index is 1230. The predicted octanol–water partition coefficient (Wildman–Crippen LogP) is -28.5. The van der Waals surface area contributed by atoms with E-state index >= 15 is 0 Å². The van der Waals surface area contributed by atoms with Crippen LogP contribution in [0.5, 0.6) is 0 Å². The summed E-state index contributed by atoms with van der Waals surface area (Å²) in [5, 5.41) is 0. The molecular weight excluding hydrogens is 926 g/mol. The third kappa shape index (κ3) is 184. The Kier molecular flexibility index (Phi) is 131. The second-order valence-corrected chi connectivity index (χ2v) is 15.2. The Labute approximate surface area is 547 Å². The van der Waals surface area contributed by atoms with E-state index in [1.165, 1.54) is 0 Å². The van der Waals surface area contributed by atoms with Gasteiger partial charge in [-0.2, -0.15) is 50.5 Å². The monoisotopic (exact) mass is 972 g/mol. The fourth-order valence-corrected chi connectivity index (χ4v) is 2.68. The molecule has 0 aromatic rings. The largest absolute Gasteiger partial charge is 1.00 e. The van der Waals surface area contributed by atoms with Gasteiger partial charge in [0.15, 0.2) is 0 Å². The minimum Gasteiger partial charge on any atom is -1.00 e. The van der Waals surface area contributed by atoms with Crippen LogP contribution in [0, 0.1) is 0 Å². The van der Waals surface area contributed by atoms with Gasteiger partial charge < -0.3 is 14.3 Å². The third-order valence-electron chi connectivity index (χ3n) is 1.97. The van der Waals surface area contributed by atoms with Crippen LogP contribution < -0.4 is 296 Å². The molecule has 0 aromatic carbocycles. The van der Waals surface area contributed by atoms with Crippen molar-refractivity contribution in [3.05, 3.63) is 75.9 Å². The minimum atomic E-state index is -3.79. The van der Waals surface area contributed by atoms with Gasteiger partial charge in [-0.1, -0.05) is 36.5 Å². The molecule has 0 saturated heterocycles. The molecule has 34 heteroatoms. The molecule has 0 amide bonds. The van der Waals surface area contributed by atoms with Crippen molar-refractivity contribution in [2.75, 3.05) is 34.5 Å². The van der Waals surface area contributed by atoms with Gasteiger partial charge in [-0.25, -0.2) is 0 Å². The smallest absolute Gasteiger partial charge is 1.00 e. The van der Waals surface area contributed by atoms with E-state index in [9.17, 15) is 50.5 Å². The first-order valence-corrected chi connectivity index (χ1v) is 19.4. The SMILES string of the molecule is C=CCS(=O)(=O)O.C=CCS(=O)(=O)O.C=CCS(=O)(=O)O.C=CCS(=O)(=O)O.C=CCS(=O)(=O)O.C=CCS(=O)(=O)O.[H-].[H-].[H-].[H-].[H-].[H-].[H-].[H-].[H-].[H-].[Na+].[Na+].[Na+].[Na+].[Na+].[Na+].[Na+].[Na+].[Na+].[Na+]. The van der Waals surface area contributed by atoms with E-state index in [1.54, 1.807) is 0 Å². The van der Waals surface area contributed by atoms with Crippen molar-refractivity contribution in [2.45, 2.75) is 0 Å². The van der Waals surface area contributed by atoms with E-state index in [0.29, 0.717) is 0 Å². The van der Waals surface area contributed by atoms with Gasteiger partial charge >= 0.3 is 296 Å². The minimum absolute atomic E-state index is 0. The fourth-order valence-electron chi connectivity index (χ4n) is 0.894. The molecule has 0 atom stereocenters. The van der Waals surface area contributed by atoms with E-state index < -0.39 is 60.7 Å². The fraction of sp³-hybridized carbons (Fsp3) is 0.333. The van der Waals surface area contributed by atoms with E-state index in [-0.39, 0.29) is 344 Å². The van der Waals surface area contributed by atoms with Crippen LogP contribution in [-0.2, 0) is 60.7 Å². The molecule has 0 radical (unpaired) electrons. The van der Waals surface area contributed by atoms with Gasteiger partial charge in [0.25, 0.3) is 60.7 Å². The van der Waals surface area contributed by atoms with E-state index in [0.717, 1.165) is 36.5 Å². The summed E-state index contributed by atoms with van der Waals surface area (Å²) in [6.07, 6.45) is 6.72. The molecule has 0 fully saturated rings. The van der Waals surface area contributed by atoms with Gasteiger partial charge in [-0.3, -0.25) is 27.3 Å². The second kappa shape index (κ2) is 63.2. The molecule has 0 aliphatic heterocycles. The zero-order chi connectivity index (χ0) is 35.5. The van der Waals surface area contributed by atoms with Crippen molar-refractivity contribution in [3.8, 4) is 0 Å². The summed E-state index contributed by atoms with van der Waals surface area (Å²) < 4.78 is 164. The molecule has 0 aliphatic carbocycles. The van der Waals surface area contributed by atoms with E-state index in [1.807, 2.05) is 0 Å². The van der Waals surface area contributed by atoms with E-state index in [4.69, 9.17) is 27.3 Å². The second-order valence-electron chi connectivity index (χ2n) is 6.22. The van der Waals surface area contributed by atoms with Crippen LogP contribution in [0.15, 0.2) is 75.9 Å². The standard InChI is InChI=1S/6C3H6O3S.10Na.10H/c6*1-2-3-7(4,5)6;;;;;;;;;;;;;;;;;;;;/h6*2H,1,3H2,(H,4,5,6);;;;;;;;;;;;;;;;;;;;/q;;;;;;10*+1;10*-1. The summed E-state index contributed by atoms with van der Waals surface area (Å²) >= 11 is 0. The summed E-state index contributed by atoms with van der Waals surface area (Å²) in [5.74, 6) is -2.21. The van der Waals surface area contributed by atoms with Gasteiger partial charge in [0.1, 0.15) is 0 Å². The predicted molar refractivity (Wildman–Crippen MR) is 171 cm³/mol. The normalized spacial score (nSPS) is 8.88. The summed E-state index contributed by atoms with van der Waals surface area (Å²) in [7, 11) is -22.8. The molecule has 6 N–H and O–H groups in total. The van der Waals surface area contributed by atoms with Crippen LogP contribution >= 0.6 is 0 Å². The van der Waals surface area contributed by atoms with Crippen LogP contribution in [0.1, 0.15) is 14.3 Å². The average Bonchev–Trinajstić information content (AvgIpc) is 2.64. The molecule has 0 rings (SSSR count).